The molecule has 18 heavy (non-hydrogen) atoms. The fourth-order valence-corrected chi connectivity index (χ4v) is 2.11. The molecule has 0 bridgehead atoms. The topological polar surface area (TPSA) is 28.4 Å². The number of aryl methyl sites for hydroxylation is 1. The van der Waals surface area contributed by atoms with Crippen molar-refractivity contribution in [2.75, 3.05) is 32.9 Å². The van der Waals surface area contributed by atoms with Crippen molar-refractivity contribution in [1.82, 2.24) is 10.2 Å². The molecule has 0 unspecified atom stereocenters. The fourth-order valence-electron chi connectivity index (χ4n) is 2.11. The molecule has 0 aromatic carbocycles. The number of rotatable bonds is 4. The normalized spacial score (nSPS) is 17.7. The summed E-state index contributed by atoms with van der Waals surface area (Å²) >= 11 is 0. The zero-order valence-electron chi connectivity index (χ0n) is 10.5. The van der Waals surface area contributed by atoms with Crippen LogP contribution in [-0.4, -0.2) is 37.8 Å². The maximum atomic E-state index is 13.1. The maximum absolute atomic E-state index is 13.1. The van der Waals surface area contributed by atoms with Crippen LogP contribution in [0.25, 0.3) is 0 Å². The number of alkyl halides is 1. The molecule has 1 aliphatic heterocycles. The summed E-state index contributed by atoms with van der Waals surface area (Å²) in [5.41, 5.74) is 0. The van der Waals surface area contributed by atoms with Crippen molar-refractivity contribution in [3.8, 4) is 0 Å². The second-order valence-corrected chi connectivity index (χ2v) is 4.11. The van der Waals surface area contributed by atoms with E-state index in [-0.39, 0.29) is 37.5 Å². The number of nitrogens with zero attached hydrogens (tertiary/aromatic N) is 1. The molecule has 2 rings (SSSR count). The summed E-state index contributed by atoms with van der Waals surface area (Å²) in [5.74, 6) is 1.70. The zero-order chi connectivity index (χ0) is 11.4. The van der Waals surface area contributed by atoms with Crippen molar-refractivity contribution in [2.24, 2.45) is 0 Å². The van der Waals surface area contributed by atoms with Crippen LogP contribution in [0.5, 0.6) is 0 Å². The van der Waals surface area contributed by atoms with Crippen molar-refractivity contribution in [3.05, 3.63) is 23.7 Å². The summed E-state index contributed by atoms with van der Waals surface area (Å²) in [6.07, 6.45) is 0.862. The van der Waals surface area contributed by atoms with Crippen LogP contribution in [-0.2, 0) is 6.42 Å². The van der Waals surface area contributed by atoms with Crippen molar-refractivity contribution in [3.63, 3.8) is 0 Å². The molecule has 0 aliphatic carbocycles. The van der Waals surface area contributed by atoms with Gasteiger partial charge in [-0.3, -0.25) is 4.90 Å². The third-order valence-corrected chi connectivity index (χ3v) is 3.10. The van der Waals surface area contributed by atoms with Crippen LogP contribution in [0.1, 0.15) is 24.5 Å². The minimum atomic E-state index is -0.378. The predicted octanol–water partition coefficient (Wildman–Crippen LogP) is 2.60. The zero-order valence-corrected chi connectivity index (χ0v) is 12.2. The summed E-state index contributed by atoms with van der Waals surface area (Å²) in [6.45, 7) is 5.29. The van der Waals surface area contributed by atoms with Crippen LogP contribution in [0.15, 0.2) is 16.5 Å². The number of nitrogens with one attached hydrogen (secondary N) is 1. The maximum Gasteiger partial charge on any atom is 0.124 e. The van der Waals surface area contributed by atoms with Gasteiger partial charge in [0.05, 0.1) is 6.04 Å². The first-order chi connectivity index (χ1) is 7.85. The third-order valence-electron chi connectivity index (χ3n) is 3.10. The van der Waals surface area contributed by atoms with E-state index >= 15 is 0 Å². The highest BCUT2D eigenvalue weighted by Gasteiger charge is 2.24. The molecule has 6 heteroatoms. The Labute approximate surface area is 120 Å². The SMILES string of the molecule is CCc1ccc([C@@H](CF)N2CCNCC2)o1.Cl.Cl. The van der Waals surface area contributed by atoms with E-state index in [0.717, 1.165) is 44.1 Å². The third kappa shape index (κ3) is 4.12. The van der Waals surface area contributed by atoms with Gasteiger partial charge in [-0.15, -0.1) is 24.8 Å². The standard InChI is InChI=1S/C12H19FN2O.2ClH/c1-2-10-3-4-12(16-10)11(9-13)15-7-5-14-6-8-15;;/h3-4,11,14H,2,5-9H2,1H3;2*1H/t11-;;/m1../s1. The lowest BCUT2D eigenvalue weighted by Crippen LogP contribution is -2.45. The highest BCUT2D eigenvalue weighted by atomic mass is 35.5. The second-order valence-electron chi connectivity index (χ2n) is 4.11. The van der Waals surface area contributed by atoms with Gasteiger partial charge in [0.15, 0.2) is 0 Å². The Morgan fingerprint density at radius 1 is 1.33 bits per heavy atom. The summed E-state index contributed by atoms with van der Waals surface area (Å²) in [5, 5.41) is 3.27. The van der Waals surface area contributed by atoms with Gasteiger partial charge in [-0.25, -0.2) is 4.39 Å². The van der Waals surface area contributed by atoms with Gasteiger partial charge in [0.25, 0.3) is 0 Å². The summed E-state index contributed by atoms with van der Waals surface area (Å²) in [6, 6.07) is 3.65. The molecule has 1 fully saturated rings. The summed E-state index contributed by atoms with van der Waals surface area (Å²) < 4.78 is 18.8. The number of piperazine rings is 1. The van der Waals surface area contributed by atoms with E-state index in [9.17, 15) is 4.39 Å². The van der Waals surface area contributed by atoms with Gasteiger partial charge < -0.3 is 9.73 Å². The van der Waals surface area contributed by atoms with Gasteiger partial charge in [0.2, 0.25) is 0 Å². The lowest BCUT2D eigenvalue weighted by Gasteiger charge is -2.32. The fraction of sp³-hybridized carbons (Fsp3) is 0.667. The highest BCUT2D eigenvalue weighted by Crippen LogP contribution is 2.24. The van der Waals surface area contributed by atoms with E-state index in [1.165, 1.54) is 0 Å². The average molecular weight is 299 g/mol. The van der Waals surface area contributed by atoms with Crippen LogP contribution in [0, 0.1) is 0 Å². The largest absolute Gasteiger partial charge is 0.464 e. The van der Waals surface area contributed by atoms with Gasteiger partial charge in [-0.1, -0.05) is 6.92 Å². The molecule has 1 aliphatic rings. The molecule has 1 N–H and O–H groups in total. The molecule has 0 spiro atoms. The lowest BCUT2D eigenvalue weighted by atomic mass is 10.2. The van der Waals surface area contributed by atoms with Crippen LogP contribution in [0.2, 0.25) is 0 Å². The lowest BCUT2D eigenvalue weighted by molar-refractivity contribution is 0.129. The van der Waals surface area contributed by atoms with E-state index in [1.807, 2.05) is 19.1 Å². The number of halogens is 3. The Hall–Kier alpha value is -0.290. The molecular formula is C12H21Cl2FN2O. The molecule has 0 saturated carbocycles. The summed E-state index contributed by atoms with van der Waals surface area (Å²) in [7, 11) is 0. The van der Waals surface area contributed by atoms with Crippen molar-refractivity contribution >= 4 is 24.8 Å². The molecule has 2 heterocycles. The first-order valence-corrected chi connectivity index (χ1v) is 5.94. The molecule has 3 nitrogen and oxygen atoms in total. The quantitative estimate of drug-likeness (QED) is 0.926. The minimum Gasteiger partial charge on any atom is -0.464 e. The van der Waals surface area contributed by atoms with Crippen LogP contribution in [0.4, 0.5) is 4.39 Å². The molecule has 106 valence electrons. The van der Waals surface area contributed by atoms with Crippen molar-refractivity contribution in [2.45, 2.75) is 19.4 Å². The van der Waals surface area contributed by atoms with E-state index in [0.29, 0.717) is 0 Å². The van der Waals surface area contributed by atoms with E-state index in [2.05, 4.69) is 10.2 Å². The first kappa shape index (κ1) is 17.7. The van der Waals surface area contributed by atoms with Gasteiger partial charge in [-0.2, -0.15) is 0 Å². The van der Waals surface area contributed by atoms with Gasteiger partial charge in [0, 0.05) is 32.6 Å². The summed E-state index contributed by atoms with van der Waals surface area (Å²) in [4.78, 5) is 2.15. The molecule has 1 aromatic heterocycles. The van der Waals surface area contributed by atoms with Gasteiger partial charge >= 0.3 is 0 Å². The number of furan rings is 1. The Morgan fingerprint density at radius 3 is 2.50 bits per heavy atom. The molecule has 1 saturated heterocycles. The Morgan fingerprint density at radius 2 is 2.00 bits per heavy atom. The number of hydrogen-bond donors (Lipinski definition) is 1. The first-order valence-electron chi connectivity index (χ1n) is 5.94. The monoisotopic (exact) mass is 298 g/mol. The molecule has 0 radical (unpaired) electrons. The highest BCUT2D eigenvalue weighted by molar-refractivity contribution is 5.85. The molecule has 1 atom stereocenters. The van der Waals surface area contributed by atoms with Crippen molar-refractivity contribution < 1.29 is 8.81 Å². The van der Waals surface area contributed by atoms with Crippen LogP contribution < -0.4 is 5.32 Å². The average Bonchev–Trinajstić information content (AvgIpc) is 2.80. The smallest absolute Gasteiger partial charge is 0.124 e. The van der Waals surface area contributed by atoms with Crippen molar-refractivity contribution in [1.29, 1.82) is 0 Å². The second kappa shape index (κ2) is 8.75. The van der Waals surface area contributed by atoms with Gasteiger partial charge in [-0.05, 0) is 12.1 Å². The molecule has 0 amide bonds. The Kier molecular flexibility index (Phi) is 8.61. The number of hydrogen-bond acceptors (Lipinski definition) is 3. The molecular weight excluding hydrogens is 278 g/mol. The van der Waals surface area contributed by atoms with E-state index in [1.54, 1.807) is 0 Å². The predicted molar refractivity (Wildman–Crippen MR) is 75.7 cm³/mol. The van der Waals surface area contributed by atoms with E-state index in [4.69, 9.17) is 4.42 Å². The van der Waals surface area contributed by atoms with E-state index < -0.39 is 0 Å². The Bertz CT molecular complexity index is 330. The Balaban J connectivity index is 0.00000144. The van der Waals surface area contributed by atoms with Crippen LogP contribution >= 0.6 is 24.8 Å². The minimum absolute atomic E-state index is 0. The van der Waals surface area contributed by atoms with Crippen LogP contribution in [0.3, 0.4) is 0 Å². The molecule has 1 aromatic rings. The van der Waals surface area contributed by atoms with Gasteiger partial charge in [0.1, 0.15) is 18.2 Å².